The van der Waals surface area contributed by atoms with Crippen LogP contribution >= 0.6 is 0 Å². The van der Waals surface area contributed by atoms with E-state index in [1.807, 2.05) is 25.2 Å². The molecule has 3 rings (SSSR count). The van der Waals surface area contributed by atoms with Crippen LogP contribution in [0.3, 0.4) is 0 Å². The Morgan fingerprint density at radius 3 is 2.23 bits per heavy atom. The van der Waals surface area contributed by atoms with Crippen molar-refractivity contribution < 1.29 is 0 Å². The Bertz CT molecular complexity index is 786. The average Bonchev–Trinajstić information content (AvgIpc) is 2.92. The fourth-order valence-electron chi connectivity index (χ4n) is 3.67. The lowest BCUT2D eigenvalue weighted by atomic mass is 10.0. The summed E-state index contributed by atoms with van der Waals surface area (Å²) in [6.07, 6.45) is 0. The number of piperazine rings is 1. The molecule has 1 saturated heterocycles. The lowest BCUT2D eigenvalue weighted by Gasteiger charge is -2.43. The molecule has 0 aliphatic carbocycles. The van der Waals surface area contributed by atoms with E-state index >= 15 is 0 Å². The Labute approximate surface area is 156 Å². The van der Waals surface area contributed by atoms with Crippen LogP contribution in [-0.4, -0.2) is 51.1 Å². The molecule has 1 aliphatic rings. The van der Waals surface area contributed by atoms with Gasteiger partial charge in [0.25, 0.3) is 0 Å². The molecule has 1 atom stereocenters. The van der Waals surface area contributed by atoms with Crippen molar-refractivity contribution in [2.24, 2.45) is 7.05 Å². The van der Waals surface area contributed by atoms with Crippen molar-refractivity contribution >= 4 is 0 Å². The number of nitrogens with zero attached hydrogens (tertiary/aromatic N) is 5. The third-order valence-corrected chi connectivity index (χ3v) is 5.46. The molecule has 1 aliphatic heterocycles. The molecule has 1 aromatic carbocycles. The smallest absolute Gasteiger partial charge is 0.142 e. The minimum Gasteiger partial charge on any atom is -0.331 e. The van der Waals surface area contributed by atoms with Gasteiger partial charge >= 0.3 is 0 Å². The lowest BCUT2D eigenvalue weighted by molar-refractivity contribution is 0.0512. The molecule has 138 valence electrons. The number of imidazole rings is 1. The van der Waals surface area contributed by atoms with Gasteiger partial charge in [0.05, 0.1) is 11.8 Å². The van der Waals surface area contributed by atoms with Crippen LogP contribution in [-0.2, 0) is 7.05 Å². The number of rotatable bonds is 3. The molecule has 0 bridgehead atoms. The van der Waals surface area contributed by atoms with E-state index in [0.29, 0.717) is 0 Å². The van der Waals surface area contributed by atoms with Gasteiger partial charge in [-0.15, -0.1) is 0 Å². The first-order valence-electron chi connectivity index (χ1n) is 9.30. The molecule has 26 heavy (non-hydrogen) atoms. The molecule has 1 unspecified atom stereocenters. The minimum absolute atomic E-state index is 0.176. The molecule has 0 spiro atoms. The van der Waals surface area contributed by atoms with E-state index in [-0.39, 0.29) is 11.6 Å². The number of hydrogen-bond donors (Lipinski definition) is 0. The molecule has 0 saturated carbocycles. The van der Waals surface area contributed by atoms with Gasteiger partial charge in [-0.25, -0.2) is 4.98 Å². The summed E-state index contributed by atoms with van der Waals surface area (Å²) in [7, 11) is 2.03. The Hall–Kier alpha value is -2.16. The summed E-state index contributed by atoms with van der Waals surface area (Å²) in [5.41, 5.74) is 3.21. The van der Waals surface area contributed by atoms with Crippen molar-refractivity contribution in [2.45, 2.75) is 39.3 Å². The highest BCUT2D eigenvalue weighted by Gasteiger charge is 2.32. The van der Waals surface area contributed by atoms with Gasteiger partial charge in [0.2, 0.25) is 0 Å². The fourth-order valence-corrected chi connectivity index (χ4v) is 3.67. The van der Waals surface area contributed by atoms with Gasteiger partial charge in [0, 0.05) is 50.0 Å². The SMILES string of the molecule is Cc1c(C(C#N)N2CCN(C(C)(C)C)CC2)nc(-c2ccccc2)n1C. The molecule has 5 nitrogen and oxygen atoms in total. The first kappa shape index (κ1) is 18.6. The maximum atomic E-state index is 9.90. The van der Waals surface area contributed by atoms with Gasteiger partial charge in [-0.3, -0.25) is 9.80 Å². The Balaban J connectivity index is 1.85. The predicted octanol–water partition coefficient (Wildman–Crippen LogP) is 3.38. The van der Waals surface area contributed by atoms with Gasteiger partial charge in [-0.05, 0) is 27.7 Å². The van der Waals surface area contributed by atoms with Gasteiger partial charge < -0.3 is 4.57 Å². The topological polar surface area (TPSA) is 48.1 Å². The van der Waals surface area contributed by atoms with Crippen molar-refractivity contribution in [1.29, 1.82) is 5.26 Å². The first-order valence-corrected chi connectivity index (χ1v) is 9.30. The molecule has 0 N–H and O–H groups in total. The number of nitriles is 1. The zero-order valence-corrected chi connectivity index (χ0v) is 16.5. The highest BCUT2D eigenvalue weighted by Crippen LogP contribution is 2.29. The van der Waals surface area contributed by atoms with Crippen molar-refractivity contribution in [1.82, 2.24) is 19.4 Å². The van der Waals surface area contributed by atoms with E-state index in [0.717, 1.165) is 49.0 Å². The minimum atomic E-state index is -0.291. The standard InChI is InChI=1S/C21H29N5/c1-16-19(23-20(24(16)5)17-9-7-6-8-10-17)18(15-22)25-11-13-26(14-12-25)21(2,3)4/h6-10,18H,11-14H2,1-5H3. The van der Waals surface area contributed by atoms with Crippen molar-refractivity contribution in [3.8, 4) is 17.5 Å². The van der Waals surface area contributed by atoms with Crippen LogP contribution in [0.15, 0.2) is 30.3 Å². The Morgan fingerprint density at radius 1 is 1.08 bits per heavy atom. The monoisotopic (exact) mass is 351 g/mol. The van der Waals surface area contributed by atoms with Gasteiger partial charge in [-0.2, -0.15) is 5.26 Å². The van der Waals surface area contributed by atoms with Crippen LogP contribution in [0.5, 0.6) is 0 Å². The summed E-state index contributed by atoms with van der Waals surface area (Å²) in [6.45, 7) is 12.6. The normalized spacial score (nSPS) is 17.8. The van der Waals surface area contributed by atoms with Crippen LogP contribution in [0.2, 0.25) is 0 Å². The second kappa shape index (κ2) is 7.22. The summed E-state index contributed by atoms with van der Waals surface area (Å²) >= 11 is 0. The van der Waals surface area contributed by atoms with Crippen LogP contribution in [0.1, 0.15) is 38.2 Å². The zero-order chi connectivity index (χ0) is 18.9. The Kier molecular flexibility index (Phi) is 5.17. The van der Waals surface area contributed by atoms with Crippen molar-refractivity contribution in [3.05, 3.63) is 41.7 Å². The third kappa shape index (κ3) is 3.53. The summed E-state index contributed by atoms with van der Waals surface area (Å²) in [5.74, 6) is 0.923. The quantitative estimate of drug-likeness (QED) is 0.851. The van der Waals surface area contributed by atoms with E-state index in [1.54, 1.807) is 0 Å². The maximum absolute atomic E-state index is 9.90. The summed E-state index contributed by atoms with van der Waals surface area (Å²) < 4.78 is 2.10. The zero-order valence-electron chi connectivity index (χ0n) is 16.5. The number of benzene rings is 1. The van der Waals surface area contributed by atoms with Gasteiger partial charge in [0.15, 0.2) is 0 Å². The van der Waals surface area contributed by atoms with Crippen molar-refractivity contribution in [3.63, 3.8) is 0 Å². The molecule has 0 amide bonds. The Morgan fingerprint density at radius 2 is 1.69 bits per heavy atom. The van der Waals surface area contributed by atoms with Crippen LogP contribution in [0.25, 0.3) is 11.4 Å². The van der Waals surface area contributed by atoms with Crippen molar-refractivity contribution in [2.75, 3.05) is 26.2 Å². The molecule has 1 fully saturated rings. The van der Waals surface area contributed by atoms with Gasteiger partial charge in [0.1, 0.15) is 11.9 Å². The van der Waals surface area contributed by atoms with Crippen LogP contribution < -0.4 is 0 Å². The van der Waals surface area contributed by atoms with E-state index in [2.05, 4.69) is 60.3 Å². The molecule has 1 aromatic heterocycles. The van der Waals surface area contributed by atoms with E-state index in [9.17, 15) is 5.26 Å². The fraction of sp³-hybridized carbons (Fsp3) is 0.524. The molecule has 2 aromatic rings. The second-order valence-corrected chi connectivity index (χ2v) is 8.06. The third-order valence-electron chi connectivity index (χ3n) is 5.46. The maximum Gasteiger partial charge on any atom is 0.142 e. The van der Waals surface area contributed by atoms with E-state index < -0.39 is 0 Å². The number of hydrogen-bond acceptors (Lipinski definition) is 4. The largest absolute Gasteiger partial charge is 0.331 e. The van der Waals surface area contributed by atoms with E-state index in [4.69, 9.17) is 4.98 Å². The summed E-state index contributed by atoms with van der Waals surface area (Å²) in [6, 6.07) is 12.4. The molecule has 0 radical (unpaired) electrons. The van der Waals surface area contributed by atoms with Crippen LogP contribution in [0.4, 0.5) is 0 Å². The number of aromatic nitrogens is 2. The second-order valence-electron chi connectivity index (χ2n) is 8.06. The molecule has 5 heteroatoms. The lowest BCUT2D eigenvalue weighted by Crippen LogP contribution is -2.53. The highest BCUT2D eigenvalue weighted by atomic mass is 15.3. The predicted molar refractivity (Wildman–Crippen MR) is 105 cm³/mol. The average molecular weight is 351 g/mol. The van der Waals surface area contributed by atoms with E-state index in [1.165, 1.54) is 0 Å². The van der Waals surface area contributed by atoms with Gasteiger partial charge in [-0.1, -0.05) is 30.3 Å². The first-order chi connectivity index (χ1) is 12.3. The molecular weight excluding hydrogens is 322 g/mol. The van der Waals surface area contributed by atoms with Crippen LogP contribution in [0, 0.1) is 18.3 Å². The summed E-state index contributed by atoms with van der Waals surface area (Å²) in [4.78, 5) is 9.63. The highest BCUT2D eigenvalue weighted by molar-refractivity contribution is 5.57. The molecule has 2 heterocycles. The molecular formula is C21H29N5. The summed E-state index contributed by atoms with van der Waals surface area (Å²) in [5, 5.41) is 9.90.